The van der Waals surface area contributed by atoms with E-state index >= 15 is 0 Å². The Balaban J connectivity index is 1.40. The zero-order valence-corrected chi connectivity index (χ0v) is 19.0. The lowest BCUT2D eigenvalue weighted by atomic mass is 10.1. The molecule has 0 aliphatic carbocycles. The van der Waals surface area contributed by atoms with Crippen LogP contribution >= 0.6 is 0 Å². The van der Waals surface area contributed by atoms with E-state index in [1.54, 1.807) is 18.2 Å². The van der Waals surface area contributed by atoms with Gasteiger partial charge in [-0.25, -0.2) is 0 Å². The van der Waals surface area contributed by atoms with E-state index in [1.807, 2.05) is 0 Å². The number of hydrogen-bond donors (Lipinski definition) is 1. The number of carbonyl (C=O) groups is 2. The van der Waals surface area contributed by atoms with Crippen LogP contribution < -0.4 is 14.8 Å². The van der Waals surface area contributed by atoms with Crippen molar-refractivity contribution in [2.24, 2.45) is 0 Å². The van der Waals surface area contributed by atoms with Gasteiger partial charge in [0.05, 0.1) is 32.3 Å². The molecule has 0 radical (unpaired) electrons. The first-order valence-corrected chi connectivity index (χ1v) is 10.9. The van der Waals surface area contributed by atoms with Crippen molar-refractivity contribution in [2.75, 3.05) is 26.8 Å². The first-order valence-electron chi connectivity index (χ1n) is 10.9. The molecular formula is C25H32N2O5. The number of ether oxygens (including phenoxy) is 3. The standard InChI is InChI=1S/C25H32N2O5/c1-18-14-27(15-19(2)32-18)16-21-6-4-20(5-7-21)13-26-25(29)10-11-31-23-9-8-22(17-28)12-24(23)30-3/h4-9,12,17-19H,10-11,13-16H2,1-3H3,(H,26,29)/t18-,19-/m0/s1. The third-order valence-corrected chi connectivity index (χ3v) is 5.32. The van der Waals surface area contributed by atoms with Gasteiger partial charge in [-0.2, -0.15) is 0 Å². The number of nitrogens with one attached hydrogen (secondary N) is 1. The lowest BCUT2D eigenvalue weighted by Gasteiger charge is -2.35. The van der Waals surface area contributed by atoms with Gasteiger partial charge in [-0.15, -0.1) is 0 Å². The maximum absolute atomic E-state index is 12.2. The minimum Gasteiger partial charge on any atom is -0.493 e. The van der Waals surface area contributed by atoms with Gasteiger partial charge in [0.2, 0.25) is 5.91 Å². The molecule has 0 spiro atoms. The Hall–Kier alpha value is -2.90. The van der Waals surface area contributed by atoms with E-state index in [9.17, 15) is 9.59 Å². The summed E-state index contributed by atoms with van der Waals surface area (Å²) < 4.78 is 16.7. The fraction of sp³-hybridized carbons (Fsp3) is 0.440. The lowest BCUT2D eigenvalue weighted by Crippen LogP contribution is -2.44. The van der Waals surface area contributed by atoms with Gasteiger partial charge in [-0.1, -0.05) is 24.3 Å². The van der Waals surface area contributed by atoms with E-state index in [1.165, 1.54) is 12.7 Å². The largest absolute Gasteiger partial charge is 0.493 e. The maximum Gasteiger partial charge on any atom is 0.223 e. The molecule has 2 aromatic rings. The second-order valence-electron chi connectivity index (χ2n) is 8.17. The quantitative estimate of drug-likeness (QED) is 0.572. The van der Waals surface area contributed by atoms with Crippen LogP contribution in [-0.2, 0) is 22.6 Å². The topological polar surface area (TPSA) is 77.1 Å². The fourth-order valence-corrected chi connectivity index (χ4v) is 3.85. The summed E-state index contributed by atoms with van der Waals surface area (Å²) in [5.74, 6) is 0.885. The molecule has 1 amide bonds. The zero-order valence-electron chi connectivity index (χ0n) is 19.0. The molecule has 1 aliphatic rings. The number of amides is 1. The molecule has 32 heavy (non-hydrogen) atoms. The van der Waals surface area contributed by atoms with Crippen LogP contribution in [0, 0.1) is 0 Å². The van der Waals surface area contributed by atoms with Crippen LogP contribution in [0.5, 0.6) is 11.5 Å². The number of nitrogens with zero attached hydrogens (tertiary/aromatic N) is 1. The maximum atomic E-state index is 12.2. The van der Waals surface area contributed by atoms with E-state index in [0.29, 0.717) is 23.6 Å². The smallest absolute Gasteiger partial charge is 0.223 e. The Kier molecular flexibility index (Phi) is 8.64. The molecule has 1 fully saturated rings. The molecule has 1 heterocycles. The average molecular weight is 441 g/mol. The van der Waals surface area contributed by atoms with Gasteiger partial charge in [-0.3, -0.25) is 14.5 Å². The summed E-state index contributed by atoms with van der Waals surface area (Å²) >= 11 is 0. The van der Waals surface area contributed by atoms with E-state index < -0.39 is 0 Å². The van der Waals surface area contributed by atoms with Crippen LogP contribution in [0.1, 0.15) is 41.8 Å². The number of rotatable bonds is 10. The summed E-state index contributed by atoms with van der Waals surface area (Å²) in [5.41, 5.74) is 2.81. The summed E-state index contributed by atoms with van der Waals surface area (Å²) in [4.78, 5) is 25.4. The van der Waals surface area contributed by atoms with Crippen LogP contribution in [0.25, 0.3) is 0 Å². The molecule has 172 valence electrons. The molecule has 0 unspecified atom stereocenters. The van der Waals surface area contributed by atoms with Gasteiger partial charge in [0.25, 0.3) is 0 Å². The molecule has 1 aliphatic heterocycles. The first-order chi connectivity index (χ1) is 15.5. The third-order valence-electron chi connectivity index (χ3n) is 5.32. The number of benzene rings is 2. The highest BCUT2D eigenvalue weighted by molar-refractivity contribution is 5.77. The molecule has 1 saturated heterocycles. The van der Waals surface area contributed by atoms with Crippen LogP contribution in [0.2, 0.25) is 0 Å². The van der Waals surface area contributed by atoms with E-state index in [-0.39, 0.29) is 31.1 Å². The van der Waals surface area contributed by atoms with Crippen molar-refractivity contribution < 1.29 is 23.8 Å². The number of morpholine rings is 1. The summed E-state index contributed by atoms with van der Waals surface area (Å²) in [7, 11) is 1.51. The highest BCUT2D eigenvalue weighted by Gasteiger charge is 2.21. The Labute approximate surface area is 189 Å². The van der Waals surface area contributed by atoms with Crippen LogP contribution in [0.15, 0.2) is 42.5 Å². The molecule has 7 heteroatoms. The number of methoxy groups -OCH3 is 1. The van der Waals surface area contributed by atoms with Crippen LogP contribution in [-0.4, -0.2) is 56.1 Å². The van der Waals surface area contributed by atoms with Crippen molar-refractivity contribution in [3.8, 4) is 11.5 Å². The van der Waals surface area contributed by atoms with Gasteiger partial charge in [0, 0.05) is 31.7 Å². The SMILES string of the molecule is COc1cc(C=O)ccc1OCCC(=O)NCc1ccc(CN2C[C@H](C)O[C@@H](C)C2)cc1. The van der Waals surface area contributed by atoms with E-state index in [0.717, 1.165) is 31.5 Å². The van der Waals surface area contributed by atoms with Gasteiger partial charge < -0.3 is 19.5 Å². The molecule has 7 nitrogen and oxygen atoms in total. The molecule has 0 bridgehead atoms. The molecule has 2 atom stereocenters. The van der Waals surface area contributed by atoms with Gasteiger partial charge in [0.15, 0.2) is 11.5 Å². The Morgan fingerprint density at radius 3 is 2.44 bits per heavy atom. The predicted octanol–water partition coefficient (Wildman–Crippen LogP) is 3.20. The summed E-state index contributed by atoms with van der Waals surface area (Å²) in [6, 6.07) is 13.3. The normalized spacial score (nSPS) is 18.7. The monoisotopic (exact) mass is 440 g/mol. The molecule has 1 N–H and O–H groups in total. The number of carbonyl (C=O) groups excluding carboxylic acids is 2. The van der Waals surface area contributed by atoms with Crippen molar-refractivity contribution in [3.05, 3.63) is 59.2 Å². The summed E-state index contributed by atoms with van der Waals surface area (Å²) in [6.45, 7) is 7.70. The Bertz CT molecular complexity index is 890. The Morgan fingerprint density at radius 2 is 1.78 bits per heavy atom. The number of hydrogen-bond acceptors (Lipinski definition) is 6. The van der Waals surface area contributed by atoms with Crippen molar-refractivity contribution in [3.63, 3.8) is 0 Å². The Morgan fingerprint density at radius 1 is 1.09 bits per heavy atom. The van der Waals surface area contributed by atoms with Crippen molar-refractivity contribution >= 4 is 12.2 Å². The number of aldehydes is 1. The predicted molar refractivity (Wildman–Crippen MR) is 122 cm³/mol. The molecule has 3 rings (SSSR count). The summed E-state index contributed by atoms with van der Waals surface area (Å²) in [6.07, 6.45) is 1.49. The van der Waals surface area contributed by atoms with Crippen molar-refractivity contribution in [1.29, 1.82) is 0 Å². The molecule has 0 saturated carbocycles. The zero-order chi connectivity index (χ0) is 22.9. The molecule has 2 aromatic carbocycles. The first kappa shape index (κ1) is 23.8. The van der Waals surface area contributed by atoms with E-state index in [2.05, 4.69) is 48.3 Å². The van der Waals surface area contributed by atoms with E-state index in [4.69, 9.17) is 14.2 Å². The second-order valence-corrected chi connectivity index (χ2v) is 8.17. The lowest BCUT2D eigenvalue weighted by molar-refractivity contribution is -0.121. The van der Waals surface area contributed by atoms with Crippen LogP contribution in [0.3, 0.4) is 0 Å². The molecular weight excluding hydrogens is 408 g/mol. The molecule has 0 aromatic heterocycles. The van der Waals surface area contributed by atoms with Crippen molar-refractivity contribution in [1.82, 2.24) is 10.2 Å². The van der Waals surface area contributed by atoms with Crippen LogP contribution in [0.4, 0.5) is 0 Å². The minimum absolute atomic E-state index is 0.0890. The van der Waals surface area contributed by atoms with Crippen molar-refractivity contribution in [2.45, 2.75) is 45.6 Å². The van der Waals surface area contributed by atoms with Gasteiger partial charge in [-0.05, 0) is 43.2 Å². The highest BCUT2D eigenvalue weighted by atomic mass is 16.5. The highest BCUT2D eigenvalue weighted by Crippen LogP contribution is 2.27. The minimum atomic E-state index is -0.0890. The van der Waals surface area contributed by atoms with Gasteiger partial charge in [0.1, 0.15) is 6.29 Å². The summed E-state index contributed by atoms with van der Waals surface area (Å²) in [5, 5.41) is 2.92. The van der Waals surface area contributed by atoms with Gasteiger partial charge >= 0.3 is 0 Å². The fourth-order valence-electron chi connectivity index (χ4n) is 3.85. The second kappa shape index (κ2) is 11.6. The average Bonchev–Trinajstić information content (AvgIpc) is 2.78. The third kappa shape index (κ3) is 7.07.